The number of benzene rings is 2. The van der Waals surface area contributed by atoms with Crippen molar-refractivity contribution >= 4 is 43.2 Å². The van der Waals surface area contributed by atoms with Crippen LogP contribution in [0, 0.1) is 10.1 Å². The van der Waals surface area contributed by atoms with E-state index in [4.69, 9.17) is 0 Å². The fraction of sp³-hybridized carbons (Fsp3) is 0.133. The number of rotatable bonds is 6. The summed E-state index contributed by atoms with van der Waals surface area (Å²) >= 11 is 3.27. The molecule has 0 spiro atoms. The second-order valence-electron chi connectivity index (χ2n) is 5.07. The Hall–Kier alpha value is -2.30. The number of nitro benzene ring substituents is 1. The number of hydrogen-bond acceptors (Lipinski definition) is 5. The number of carbonyl (C=O) groups excluding carboxylic acids is 1. The van der Waals surface area contributed by atoms with Gasteiger partial charge >= 0.3 is 0 Å². The highest BCUT2D eigenvalue weighted by molar-refractivity contribution is 9.10. The van der Waals surface area contributed by atoms with Crippen LogP contribution in [0.2, 0.25) is 0 Å². The number of nitro groups is 1. The Morgan fingerprint density at radius 3 is 2.56 bits per heavy atom. The monoisotopic (exact) mass is 427 g/mol. The molecule has 2 aromatic carbocycles. The van der Waals surface area contributed by atoms with Crippen LogP contribution in [-0.2, 0) is 14.8 Å². The Morgan fingerprint density at radius 2 is 1.92 bits per heavy atom. The van der Waals surface area contributed by atoms with E-state index in [1.54, 1.807) is 24.3 Å². The van der Waals surface area contributed by atoms with Crippen LogP contribution in [0.3, 0.4) is 0 Å². The van der Waals surface area contributed by atoms with Crippen LogP contribution in [0.15, 0.2) is 57.9 Å². The van der Waals surface area contributed by atoms with E-state index in [-0.39, 0.29) is 10.6 Å². The molecular weight excluding hydrogens is 414 g/mol. The fourth-order valence-electron chi connectivity index (χ4n) is 1.99. The first-order chi connectivity index (χ1) is 11.7. The van der Waals surface area contributed by atoms with E-state index < -0.39 is 27.4 Å². The third-order valence-corrected chi connectivity index (χ3v) is 5.50. The molecule has 0 unspecified atom stereocenters. The Bertz CT molecular complexity index is 917. The smallest absolute Gasteiger partial charge is 0.270 e. The number of likely N-dealkylation sites (N-methyl/N-ethyl adjacent to an activating group) is 1. The van der Waals surface area contributed by atoms with Crippen LogP contribution < -0.4 is 5.32 Å². The number of amides is 1. The number of anilines is 1. The minimum atomic E-state index is -4.03. The summed E-state index contributed by atoms with van der Waals surface area (Å²) in [6, 6.07) is 11.5. The highest BCUT2D eigenvalue weighted by Gasteiger charge is 2.24. The van der Waals surface area contributed by atoms with Crippen LogP contribution in [0.25, 0.3) is 0 Å². The fourth-order valence-corrected chi connectivity index (χ4v) is 3.56. The Morgan fingerprint density at radius 1 is 1.24 bits per heavy atom. The number of non-ortho nitro benzene ring substituents is 1. The summed E-state index contributed by atoms with van der Waals surface area (Å²) in [6.07, 6.45) is 0. The molecule has 0 aliphatic carbocycles. The van der Waals surface area contributed by atoms with Gasteiger partial charge in [0.1, 0.15) is 0 Å². The van der Waals surface area contributed by atoms with E-state index in [1.165, 1.54) is 25.2 Å². The van der Waals surface area contributed by atoms with E-state index in [9.17, 15) is 23.3 Å². The summed E-state index contributed by atoms with van der Waals surface area (Å²) in [6.45, 7) is -0.433. The minimum Gasteiger partial charge on any atom is -0.325 e. The molecule has 10 heteroatoms. The van der Waals surface area contributed by atoms with E-state index in [0.29, 0.717) is 5.69 Å². The maximum Gasteiger partial charge on any atom is 0.270 e. The summed E-state index contributed by atoms with van der Waals surface area (Å²) in [4.78, 5) is 21.9. The Labute approximate surface area is 152 Å². The Kier molecular flexibility index (Phi) is 5.88. The molecule has 0 heterocycles. The van der Waals surface area contributed by atoms with Gasteiger partial charge < -0.3 is 5.32 Å². The lowest BCUT2D eigenvalue weighted by Crippen LogP contribution is -2.35. The second-order valence-corrected chi connectivity index (χ2v) is 8.03. The predicted octanol–water partition coefficient (Wildman–Crippen LogP) is 2.62. The predicted molar refractivity (Wildman–Crippen MR) is 95.7 cm³/mol. The Balaban J connectivity index is 2.13. The van der Waals surface area contributed by atoms with E-state index in [1.807, 2.05) is 0 Å². The standard InChI is InChI=1S/C15H14BrN3O5S/c1-18(10-15(20)17-12-5-2-4-11(16)8-12)25(23,24)14-7-3-6-13(9-14)19(21)22/h2-9H,10H2,1H3,(H,17,20). The van der Waals surface area contributed by atoms with Crippen molar-refractivity contribution in [3.05, 3.63) is 63.1 Å². The van der Waals surface area contributed by atoms with Crippen molar-refractivity contribution in [3.63, 3.8) is 0 Å². The lowest BCUT2D eigenvalue weighted by atomic mass is 10.3. The number of nitrogens with zero attached hydrogens (tertiary/aromatic N) is 2. The molecule has 2 rings (SSSR count). The van der Waals surface area contributed by atoms with Gasteiger partial charge in [-0.15, -0.1) is 0 Å². The summed E-state index contributed by atoms with van der Waals surface area (Å²) in [7, 11) is -2.80. The average molecular weight is 428 g/mol. The molecule has 0 bridgehead atoms. The van der Waals surface area contributed by atoms with Crippen molar-refractivity contribution in [1.29, 1.82) is 0 Å². The normalized spacial score (nSPS) is 11.3. The first-order valence-corrected chi connectivity index (χ1v) is 9.19. The molecule has 0 fully saturated rings. The molecule has 0 aromatic heterocycles. The topological polar surface area (TPSA) is 110 Å². The van der Waals surface area contributed by atoms with E-state index in [0.717, 1.165) is 14.8 Å². The number of carbonyl (C=O) groups is 1. The van der Waals surface area contributed by atoms with Gasteiger partial charge in [0.15, 0.2) is 0 Å². The molecule has 1 N–H and O–H groups in total. The lowest BCUT2D eigenvalue weighted by Gasteiger charge is -2.17. The van der Waals surface area contributed by atoms with Gasteiger partial charge in [-0.25, -0.2) is 8.42 Å². The molecular formula is C15H14BrN3O5S. The van der Waals surface area contributed by atoms with Gasteiger partial charge in [0.2, 0.25) is 15.9 Å². The molecule has 1 amide bonds. The average Bonchev–Trinajstić information content (AvgIpc) is 2.54. The summed E-state index contributed by atoms with van der Waals surface area (Å²) in [5.41, 5.74) is 0.175. The van der Waals surface area contributed by atoms with Crippen molar-refractivity contribution in [2.75, 3.05) is 18.9 Å². The molecule has 2 aromatic rings. The van der Waals surface area contributed by atoms with Crippen LogP contribution in [0.5, 0.6) is 0 Å². The van der Waals surface area contributed by atoms with Crippen molar-refractivity contribution in [2.24, 2.45) is 0 Å². The minimum absolute atomic E-state index is 0.251. The van der Waals surface area contributed by atoms with Crippen LogP contribution in [0.4, 0.5) is 11.4 Å². The van der Waals surface area contributed by atoms with Gasteiger partial charge in [0.25, 0.3) is 5.69 Å². The SMILES string of the molecule is CN(CC(=O)Nc1cccc(Br)c1)S(=O)(=O)c1cccc([N+](=O)[O-])c1. The molecule has 132 valence electrons. The summed E-state index contributed by atoms with van der Waals surface area (Å²) < 4.78 is 26.5. The van der Waals surface area contributed by atoms with Crippen molar-refractivity contribution in [3.8, 4) is 0 Å². The van der Waals surface area contributed by atoms with Gasteiger partial charge in [-0.3, -0.25) is 14.9 Å². The molecule has 0 aliphatic rings. The molecule has 8 nitrogen and oxygen atoms in total. The largest absolute Gasteiger partial charge is 0.325 e. The van der Waals surface area contributed by atoms with E-state index in [2.05, 4.69) is 21.2 Å². The van der Waals surface area contributed by atoms with Crippen molar-refractivity contribution < 1.29 is 18.1 Å². The number of nitrogens with one attached hydrogen (secondary N) is 1. The van der Waals surface area contributed by atoms with Gasteiger partial charge in [-0.05, 0) is 24.3 Å². The zero-order valence-electron chi connectivity index (χ0n) is 13.0. The van der Waals surface area contributed by atoms with E-state index >= 15 is 0 Å². The molecule has 0 aliphatic heterocycles. The third kappa shape index (κ3) is 4.84. The number of hydrogen-bond donors (Lipinski definition) is 1. The third-order valence-electron chi connectivity index (χ3n) is 3.21. The van der Waals surface area contributed by atoms with Gasteiger partial charge in [0.05, 0.1) is 16.4 Å². The zero-order chi connectivity index (χ0) is 18.6. The first kappa shape index (κ1) is 19.0. The van der Waals surface area contributed by atoms with Crippen molar-refractivity contribution in [1.82, 2.24) is 4.31 Å². The maximum absolute atomic E-state index is 12.5. The second kappa shape index (κ2) is 7.72. The van der Waals surface area contributed by atoms with Crippen LogP contribution >= 0.6 is 15.9 Å². The summed E-state index contributed by atoms with van der Waals surface area (Å²) in [5.74, 6) is -0.533. The molecule has 0 radical (unpaired) electrons. The maximum atomic E-state index is 12.5. The van der Waals surface area contributed by atoms with Crippen LogP contribution in [0.1, 0.15) is 0 Å². The van der Waals surface area contributed by atoms with Crippen LogP contribution in [-0.4, -0.2) is 37.1 Å². The molecule has 0 atom stereocenters. The van der Waals surface area contributed by atoms with Gasteiger partial charge in [-0.1, -0.05) is 28.1 Å². The summed E-state index contributed by atoms with van der Waals surface area (Å²) in [5, 5.41) is 13.4. The molecule has 0 saturated heterocycles. The quantitative estimate of drug-likeness (QED) is 0.562. The molecule has 0 saturated carbocycles. The zero-order valence-corrected chi connectivity index (χ0v) is 15.5. The molecule has 25 heavy (non-hydrogen) atoms. The number of sulfonamides is 1. The van der Waals surface area contributed by atoms with Crippen molar-refractivity contribution in [2.45, 2.75) is 4.90 Å². The van der Waals surface area contributed by atoms with Gasteiger partial charge in [-0.2, -0.15) is 4.31 Å². The first-order valence-electron chi connectivity index (χ1n) is 6.96. The lowest BCUT2D eigenvalue weighted by molar-refractivity contribution is -0.385. The van der Waals surface area contributed by atoms with Gasteiger partial charge in [0, 0.05) is 29.3 Å². The highest BCUT2D eigenvalue weighted by Crippen LogP contribution is 2.20. The highest BCUT2D eigenvalue weighted by atomic mass is 79.9. The number of halogens is 1.